The van der Waals surface area contributed by atoms with Crippen LogP contribution in [0.4, 0.5) is 5.69 Å². The number of sulfonamides is 1. The molecule has 8 nitrogen and oxygen atoms in total. The molecule has 0 radical (unpaired) electrons. The summed E-state index contributed by atoms with van der Waals surface area (Å²) in [7, 11) is -3.60. The molecule has 1 aromatic carbocycles. The lowest BCUT2D eigenvalue weighted by atomic mass is 10.3. The van der Waals surface area contributed by atoms with Crippen LogP contribution >= 0.6 is 11.3 Å². The van der Waals surface area contributed by atoms with Gasteiger partial charge in [-0.2, -0.15) is 4.31 Å². The van der Waals surface area contributed by atoms with Gasteiger partial charge in [0, 0.05) is 36.6 Å². The van der Waals surface area contributed by atoms with Crippen molar-refractivity contribution in [2.75, 3.05) is 31.6 Å². The summed E-state index contributed by atoms with van der Waals surface area (Å²) in [5.41, 5.74) is 1.10. The summed E-state index contributed by atoms with van der Waals surface area (Å²) < 4.78 is 33.9. The Kier molecular flexibility index (Phi) is 4.96. The molecule has 3 heterocycles. The van der Waals surface area contributed by atoms with Crippen LogP contribution in [0.15, 0.2) is 46.9 Å². The van der Waals surface area contributed by atoms with Gasteiger partial charge in [-0.1, -0.05) is 6.07 Å². The molecule has 1 fully saturated rings. The molecule has 0 atom stereocenters. The molecule has 4 rings (SSSR count). The van der Waals surface area contributed by atoms with Gasteiger partial charge in [0.2, 0.25) is 15.9 Å². The van der Waals surface area contributed by atoms with E-state index in [0.717, 1.165) is 4.96 Å². The number of hydrogen-bond acceptors (Lipinski definition) is 6. The number of morpholine rings is 1. The number of hydrogen-bond donors (Lipinski definition) is 1. The van der Waals surface area contributed by atoms with Crippen molar-refractivity contribution in [2.24, 2.45) is 0 Å². The molecule has 1 amide bonds. The van der Waals surface area contributed by atoms with Gasteiger partial charge in [-0.05, 0) is 18.2 Å². The molecular weight excluding hydrogens is 388 g/mol. The molecule has 142 valence electrons. The standard InChI is InChI=1S/C17H18N4O4S2/c22-16(11-14-12-20-6-9-26-17(20)19-14)18-13-2-1-3-15(10-13)27(23,24)21-4-7-25-8-5-21/h1-3,6,9-10,12H,4-5,7-8,11H2,(H,18,22). The third-order valence-electron chi connectivity index (χ3n) is 4.21. The molecule has 0 bridgehead atoms. The lowest BCUT2D eigenvalue weighted by molar-refractivity contribution is -0.115. The van der Waals surface area contributed by atoms with Crippen molar-refractivity contribution in [3.63, 3.8) is 0 Å². The number of carbonyl (C=O) groups excluding carboxylic acids is 1. The smallest absolute Gasteiger partial charge is 0.243 e. The third-order valence-corrected chi connectivity index (χ3v) is 6.88. The first-order valence-corrected chi connectivity index (χ1v) is 10.7. The Hall–Kier alpha value is -2.27. The van der Waals surface area contributed by atoms with Gasteiger partial charge >= 0.3 is 0 Å². The first-order valence-electron chi connectivity index (χ1n) is 8.41. The molecule has 3 aromatic rings. The quantitative estimate of drug-likeness (QED) is 0.695. The number of nitrogens with zero attached hydrogens (tertiary/aromatic N) is 3. The Morgan fingerprint density at radius 1 is 1.30 bits per heavy atom. The van der Waals surface area contributed by atoms with Crippen LogP contribution in [0.3, 0.4) is 0 Å². The zero-order valence-corrected chi connectivity index (χ0v) is 16.0. The maximum Gasteiger partial charge on any atom is 0.243 e. The molecule has 0 saturated carbocycles. The number of imidazole rings is 1. The van der Waals surface area contributed by atoms with Gasteiger partial charge in [0.1, 0.15) is 0 Å². The highest BCUT2D eigenvalue weighted by molar-refractivity contribution is 7.89. The monoisotopic (exact) mass is 406 g/mol. The zero-order chi connectivity index (χ0) is 18.9. The summed E-state index contributed by atoms with van der Waals surface area (Å²) >= 11 is 1.50. The van der Waals surface area contributed by atoms with E-state index in [4.69, 9.17) is 4.74 Å². The predicted octanol–water partition coefficient (Wildman–Crippen LogP) is 1.60. The maximum absolute atomic E-state index is 12.7. The fourth-order valence-electron chi connectivity index (χ4n) is 2.90. The minimum absolute atomic E-state index is 0.120. The van der Waals surface area contributed by atoms with Gasteiger partial charge < -0.3 is 10.1 Å². The summed E-state index contributed by atoms with van der Waals surface area (Å²) in [4.78, 5) is 17.7. The second-order valence-electron chi connectivity index (χ2n) is 6.09. The van der Waals surface area contributed by atoms with E-state index in [0.29, 0.717) is 37.7 Å². The van der Waals surface area contributed by atoms with Gasteiger partial charge in [-0.3, -0.25) is 9.20 Å². The molecule has 0 spiro atoms. The zero-order valence-electron chi connectivity index (χ0n) is 14.4. The van der Waals surface area contributed by atoms with Crippen molar-refractivity contribution in [3.8, 4) is 0 Å². The van der Waals surface area contributed by atoms with Crippen LogP contribution in [0.2, 0.25) is 0 Å². The van der Waals surface area contributed by atoms with Crippen molar-refractivity contribution in [3.05, 3.63) is 47.7 Å². The molecular formula is C17H18N4O4S2. The Bertz CT molecular complexity index is 1040. The van der Waals surface area contributed by atoms with Gasteiger partial charge in [-0.25, -0.2) is 13.4 Å². The summed E-state index contributed by atoms with van der Waals surface area (Å²) in [6.07, 6.45) is 3.81. The fraction of sp³-hybridized carbons (Fsp3) is 0.294. The number of carbonyl (C=O) groups is 1. The predicted molar refractivity (Wildman–Crippen MR) is 101 cm³/mol. The van der Waals surface area contributed by atoms with Crippen molar-refractivity contribution in [1.29, 1.82) is 0 Å². The number of fused-ring (bicyclic) bond motifs is 1. The largest absolute Gasteiger partial charge is 0.379 e. The average molecular weight is 406 g/mol. The highest BCUT2D eigenvalue weighted by atomic mass is 32.2. The van der Waals surface area contributed by atoms with E-state index in [1.807, 2.05) is 22.2 Å². The molecule has 27 heavy (non-hydrogen) atoms. The van der Waals surface area contributed by atoms with E-state index < -0.39 is 10.0 Å². The van der Waals surface area contributed by atoms with Crippen molar-refractivity contribution >= 4 is 37.9 Å². The molecule has 2 aromatic heterocycles. The highest BCUT2D eigenvalue weighted by Crippen LogP contribution is 2.21. The van der Waals surface area contributed by atoms with Crippen LogP contribution < -0.4 is 5.32 Å². The number of benzene rings is 1. The normalized spacial score (nSPS) is 15.9. The number of anilines is 1. The Morgan fingerprint density at radius 3 is 2.89 bits per heavy atom. The lowest BCUT2D eigenvalue weighted by Gasteiger charge is -2.26. The fourth-order valence-corrected chi connectivity index (χ4v) is 5.07. The van der Waals surface area contributed by atoms with E-state index >= 15 is 0 Å². The second-order valence-corrected chi connectivity index (χ2v) is 8.91. The first-order chi connectivity index (χ1) is 13.0. The Labute approximate surface area is 160 Å². The summed E-state index contributed by atoms with van der Waals surface area (Å²) in [6.45, 7) is 1.43. The molecule has 1 aliphatic heterocycles. The number of rotatable bonds is 5. The van der Waals surface area contributed by atoms with Crippen molar-refractivity contribution in [2.45, 2.75) is 11.3 Å². The molecule has 0 unspecified atom stereocenters. The number of nitrogens with one attached hydrogen (secondary N) is 1. The molecule has 1 N–H and O–H groups in total. The number of thiazole rings is 1. The van der Waals surface area contributed by atoms with Crippen molar-refractivity contribution < 1.29 is 17.9 Å². The summed E-state index contributed by atoms with van der Waals surface area (Å²) in [6, 6.07) is 6.30. The van der Waals surface area contributed by atoms with Crippen LogP contribution in [-0.2, 0) is 26.0 Å². The van der Waals surface area contributed by atoms with E-state index in [1.54, 1.807) is 12.1 Å². The van der Waals surface area contributed by atoms with Crippen molar-refractivity contribution in [1.82, 2.24) is 13.7 Å². The molecule has 1 aliphatic rings. The second kappa shape index (κ2) is 7.39. The van der Waals surface area contributed by atoms with E-state index in [-0.39, 0.29) is 17.2 Å². The summed E-state index contributed by atoms with van der Waals surface area (Å²) in [5, 5.41) is 4.67. The minimum Gasteiger partial charge on any atom is -0.379 e. The van der Waals surface area contributed by atoms with Crippen LogP contribution in [-0.4, -0.2) is 54.3 Å². The minimum atomic E-state index is -3.60. The van der Waals surface area contributed by atoms with Crippen LogP contribution in [0.1, 0.15) is 5.69 Å². The summed E-state index contributed by atoms with van der Waals surface area (Å²) in [5.74, 6) is -0.248. The van der Waals surface area contributed by atoms with Crippen LogP contribution in [0.5, 0.6) is 0 Å². The number of amides is 1. The van der Waals surface area contributed by atoms with Gasteiger partial charge in [0.25, 0.3) is 0 Å². The Balaban J connectivity index is 1.47. The van der Waals surface area contributed by atoms with Crippen LogP contribution in [0.25, 0.3) is 4.96 Å². The number of ether oxygens (including phenoxy) is 1. The number of aromatic nitrogens is 2. The van der Waals surface area contributed by atoms with E-state index in [2.05, 4.69) is 10.3 Å². The van der Waals surface area contributed by atoms with E-state index in [1.165, 1.54) is 27.8 Å². The average Bonchev–Trinajstić information content (AvgIpc) is 3.24. The molecule has 0 aliphatic carbocycles. The Morgan fingerprint density at radius 2 is 2.11 bits per heavy atom. The van der Waals surface area contributed by atoms with Gasteiger partial charge in [0.05, 0.1) is 30.2 Å². The SMILES string of the molecule is O=C(Cc1cn2ccsc2n1)Nc1cccc(S(=O)(=O)N2CCOCC2)c1. The molecule has 10 heteroatoms. The lowest BCUT2D eigenvalue weighted by Crippen LogP contribution is -2.40. The first kappa shape index (κ1) is 18.1. The van der Waals surface area contributed by atoms with Crippen LogP contribution in [0, 0.1) is 0 Å². The highest BCUT2D eigenvalue weighted by Gasteiger charge is 2.26. The maximum atomic E-state index is 12.7. The van der Waals surface area contributed by atoms with Gasteiger partial charge in [0.15, 0.2) is 4.96 Å². The molecule has 1 saturated heterocycles. The van der Waals surface area contributed by atoms with Gasteiger partial charge in [-0.15, -0.1) is 11.3 Å². The topological polar surface area (TPSA) is 93.0 Å². The third kappa shape index (κ3) is 3.88. The van der Waals surface area contributed by atoms with E-state index in [9.17, 15) is 13.2 Å².